The smallest absolute Gasteiger partial charge is 0.187 e. The van der Waals surface area contributed by atoms with Gasteiger partial charge in [-0.1, -0.05) is 77.4 Å². The van der Waals surface area contributed by atoms with E-state index in [9.17, 15) is 10.3 Å². The molecule has 5 rings (SSSR count). The van der Waals surface area contributed by atoms with Crippen LogP contribution in [0.1, 0.15) is 5.56 Å². The summed E-state index contributed by atoms with van der Waals surface area (Å²) in [5, 5.41) is 31.1. The van der Waals surface area contributed by atoms with Gasteiger partial charge in [-0.05, 0) is 42.2 Å². The van der Waals surface area contributed by atoms with Crippen LogP contribution in [0.5, 0.6) is 11.5 Å². The number of hydrogen-bond acceptors (Lipinski definition) is 9. The van der Waals surface area contributed by atoms with Crippen molar-refractivity contribution in [3.63, 3.8) is 0 Å². The standard InChI is InChI=1S/C30H26Cl2N4O5S/c1-42-30-33-11-10-25(34-30)27-28(19-8-5-9-21(12-19)40-16-18-6-3-2-4-7-18)36(39)29(35-27)26-23(31)13-22(14-24(26)32)41-17-20(38)15-37/h2-14,20,37-39H,15-17H2,1H3/t20-/m0/s1. The van der Waals surface area contributed by atoms with Crippen molar-refractivity contribution in [1.29, 1.82) is 0 Å². The van der Waals surface area contributed by atoms with E-state index in [-0.39, 0.29) is 33.8 Å². The highest BCUT2D eigenvalue weighted by atomic mass is 35.5. The first-order valence-electron chi connectivity index (χ1n) is 12.8. The molecule has 0 spiro atoms. The van der Waals surface area contributed by atoms with E-state index in [1.807, 2.05) is 60.9 Å². The summed E-state index contributed by atoms with van der Waals surface area (Å²) in [6, 6.07) is 21.8. The van der Waals surface area contributed by atoms with Crippen LogP contribution in [0.25, 0.3) is 34.0 Å². The van der Waals surface area contributed by atoms with Gasteiger partial charge < -0.3 is 24.9 Å². The molecule has 0 amide bonds. The Morgan fingerprint density at radius 2 is 1.69 bits per heavy atom. The van der Waals surface area contributed by atoms with Gasteiger partial charge in [0, 0.05) is 11.8 Å². The van der Waals surface area contributed by atoms with Crippen molar-refractivity contribution in [3.8, 4) is 45.5 Å². The predicted octanol–water partition coefficient (Wildman–Crippen LogP) is 6.25. The van der Waals surface area contributed by atoms with E-state index in [1.165, 1.54) is 23.9 Å². The molecule has 2 heterocycles. The van der Waals surface area contributed by atoms with Gasteiger partial charge in [-0.3, -0.25) is 0 Å². The molecule has 1 atom stereocenters. The highest BCUT2D eigenvalue weighted by Crippen LogP contribution is 2.42. The lowest BCUT2D eigenvalue weighted by Gasteiger charge is -2.13. The van der Waals surface area contributed by atoms with Crippen LogP contribution in [0.2, 0.25) is 10.0 Å². The fourth-order valence-corrected chi connectivity index (χ4v) is 5.14. The van der Waals surface area contributed by atoms with Gasteiger partial charge in [-0.25, -0.2) is 15.0 Å². The Hall–Kier alpha value is -3.80. The average molecular weight is 626 g/mol. The second kappa shape index (κ2) is 13.5. The molecule has 0 bridgehead atoms. The van der Waals surface area contributed by atoms with Gasteiger partial charge in [-0.2, -0.15) is 4.73 Å². The number of aliphatic hydroxyl groups excluding tert-OH is 2. The summed E-state index contributed by atoms with van der Waals surface area (Å²) >= 11 is 14.6. The molecule has 12 heteroatoms. The van der Waals surface area contributed by atoms with E-state index in [0.29, 0.717) is 40.2 Å². The number of aromatic nitrogens is 4. The molecule has 42 heavy (non-hydrogen) atoms. The third-order valence-corrected chi connectivity index (χ3v) is 7.32. The minimum absolute atomic E-state index is 0.0804. The summed E-state index contributed by atoms with van der Waals surface area (Å²) in [6.45, 7) is -0.231. The molecule has 0 aliphatic carbocycles. The molecule has 0 fully saturated rings. The van der Waals surface area contributed by atoms with Crippen LogP contribution in [-0.4, -0.2) is 60.7 Å². The predicted molar refractivity (Wildman–Crippen MR) is 162 cm³/mol. The molecule has 0 saturated carbocycles. The zero-order chi connectivity index (χ0) is 29.6. The number of thioether (sulfide) groups is 1. The van der Waals surface area contributed by atoms with Crippen LogP contribution in [0, 0.1) is 0 Å². The van der Waals surface area contributed by atoms with Crippen LogP contribution in [0.3, 0.4) is 0 Å². The van der Waals surface area contributed by atoms with Crippen LogP contribution in [-0.2, 0) is 6.61 Å². The van der Waals surface area contributed by atoms with Crippen molar-refractivity contribution in [2.45, 2.75) is 17.9 Å². The quantitative estimate of drug-likeness (QED) is 0.0888. The number of ether oxygens (including phenoxy) is 2. The number of hydrogen-bond donors (Lipinski definition) is 3. The molecule has 0 saturated heterocycles. The molecule has 0 radical (unpaired) electrons. The summed E-state index contributed by atoms with van der Waals surface area (Å²) in [7, 11) is 0. The molecule has 3 N–H and O–H groups in total. The summed E-state index contributed by atoms with van der Waals surface area (Å²) < 4.78 is 12.5. The summed E-state index contributed by atoms with van der Waals surface area (Å²) in [5.74, 6) is 0.957. The number of imidazole rings is 1. The van der Waals surface area contributed by atoms with Gasteiger partial charge in [0.05, 0.1) is 27.9 Å². The van der Waals surface area contributed by atoms with Gasteiger partial charge >= 0.3 is 0 Å². The average Bonchev–Trinajstić information content (AvgIpc) is 3.35. The van der Waals surface area contributed by atoms with Crippen LogP contribution in [0.15, 0.2) is 84.1 Å². The van der Waals surface area contributed by atoms with Crippen molar-refractivity contribution in [3.05, 3.63) is 94.6 Å². The molecule has 0 aliphatic rings. The van der Waals surface area contributed by atoms with Crippen molar-refractivity contribution in [2.24, 2.45) is 0 Å². The van der Waals surface area contributed by atoms with Crippen molar-refractivity contribution >= 4 is 35.0 Å². The molecule has 0 aliphatic heterocycles. The van der Waals surface area contributed by atoms with Crippen molar-refractivity contribution in [2.75, 3.05) is 19.5 Å². The number of aliphatic hydroxyl groups is 2. The largest absolute Gasteiger partial charge is 0.491 e. The van der Waals surface area contributed by atoms with E-state index in [2.05, 4.69) is 9.97 Å². The Labute approximate surface area is 256 Å². The molecule has 2 aromatic heterocycles. The summed E-state index contributed by atoms with van der Waals surface area (Å²) in [5.41, 5.74) is 3.11. The Kier molecular flexibility index (Phi) is 9.51. The van der Waals surface area contributed by atoms with Crippen molar-refractivity contribution < 1.29 is 24.9 Å². The van der Waals surface area contributed by atoms with E-state index < -0.39 is 12.7 Å². The Morgan fingerprint density at radius 1 is 0.929 bits per heavy atom. The zero-order valence-corrected chi connectivity index (χ0v) is 24.6. The topological polar surface area (TPSA) is 123 Å². The maximum atomic E-state index is 11.6. The number of benzene rings is 3. The molecular weight excluding hydrogens is 599 g/mol. The molecule has 5 aromatic rings. The Morgan fingerprint density at radius 3 is 2.40 bits per heavy atom. The van der Waals surface area contributed by atoms with Crippen LogP contribution < -0.4 is 9.47 Å². The SMILES string of the molecule is CSc1nccc(-c2nc(-c3c(Cl)cc(OC[C@@H](O)CO)cc3Cl)n(O)c2-c2cccc(OCc3ccccc3)c2)n1. The lowest BCUT2D eigenvalue weighted by Crippen LogP contribution is -2.21. The van der Waals surface area contributed by atoms with Crippen molar-refractivity contribution in [1.82, 2.24) is 19.7 Å². The maximum absolute atomic E-state index is 11.6. The normalized spacial score (nSPS) is 11.8. The van der Waals surface area contributed by atoms with Gasteiger partial charge in [0.2, 0.25) is 0 Å². The Bertz CT molecular complexity index is 1660. The lowest BCUT2D eigenvalue weighted by molar-refractivity contribution is 0.0536. The fraction of sp³-hybridized carbons (Fsp3) is 0.167. The molecular formula is C30H26Cl2N4O5S. The zero-order valence-electron chi connectivity index (χ0n) is 22.3. The molecule has 3 aromatic carbocycles. The monoisotopic (exact) mass is 624 g/mol. The van der Waals surface area contributed by atoms with Gasteiger partial charge in [0.1, 0.15) is 42.2 Å². The number of halogens is 2. The Balaban J connectivity index is 1.59. The van der Waals surface area contributed by atoms with Gasteiger partial charge in [0.25, 0.3) is 0 Å². The minimum atomic E-state index is -1.06. The highest BCUT2D eigenvalue weighted by Gasteiger charge is 2.26. The summed E-state index contributed by atoms with van der Waals surface area (Å²) in [6.07, 6.45) is 2.43. The second-order valence-electron chi connectivity index (χ2n) is 9.08. The second-order valence-corrected chi connectivity index (χ2v) is 10.7. The van der Waals surface area contributed by atoms with Crippen LogP contribution >= 0.6 is 35.0 Å². The lowest BCUT2D eigenvalue weighted by atomic mass is 10.1. The molecule has 0 unspecified atom stereocenters. The number of nitrogens with zero attached hydrogens (tertiary/aromatic N) is 4. The van der Waals surface area contributed by atoms with E-state index in [0.717, 1.165) is 10.3 Å². The third kappa shape index (κ3) is 6.64. The first kappa shape index (κ1) is 29.7. The van der Waals surface area contributed by atoms with Crippen LogP contribution in [0.4, 0.5) is 0 Å². The minimum Gasteiger partial charge on any atom is -0.491 e. The first-order valence-corrected chi connectivity index (χ1v) is 14.7. The summed E-state index contributed by atoms with van der Waals surface area (Å²) in [4.78, 5) is 13.6. The molecule has 216 valence electrons. The van der Waals surface area contributed by atoms with Gasteiger partial charge in [0.15, 0.2) is 11.0 Å². The van der Waals surface area contributed by atoms with Gasteiger partial charge in [-0.15, -0.1) is 0 Å². The highest BCUT2D eigenvalue weighted by molar-refractivity contribution is 7.98. The van der Waals surface area contributed by atoms with E-state index in [1.54, 1.807) is 12.3 Å². The van der Waals surface area contributed by atoms with E-state index >= 15 is 0 Å². The first-order chi connectivity index (χ1) is 20.4. The third-order valence-electron chi connectivity index (χ3n) is 6.16. The fourth-order valence-electron chi connectivity index (χ4n) is 4.15. The maximum Gasteiger partial charge on any atom is 0.187 e. The number of rotatable bonds is 11. The molecule has 9 nitrogen and oxygen atoms in total. The van der Waals surface area contributed by atoms with E-state index in [4.69, 9.17) is 42.8 Å².